The maximum atomic E-state index is 13.2. The zero-order valence-electron chi connectivity index (χ0n) is 15.8. The molecule has 3 N–H and O–H groups in total. The Hall–Kier alpha value is -2.74. The Kier molecular flexibility index (Phi) is 5.85. The van der Waals surface area contributed by atoms with Crippen LogP contribution >= 0.6 is 0 Å². The Labute approximate surface area is 158 Å². The first kappa shape index (κ1) is 19.0. The highest BCUT2D eigenvalue weighted by atomic mass is 16.2. The highest BCUT2D eigenvalue weighted by Gasteiger charge is 2.29. The van der Waals surface area contributed by atoms with E-state index >= 15 is 0 Å². The molecule has 0 aliphatic carbocycles. The molecular weight excluding hydrogens is 344 g/mol. The van der Waals surface area contributed by atoms with Crippen LogP contribution in [0.5, 0.6) is 0 Å². The number of aromatic nitrogens is 3. The molecule has 8 nitrogen and oxygen atoms in total. The molecule has 1 saturated heterocycles. The van der Waals surface area contributed by atoms with Crippen LogP contribution in [0.4, 0.5) is 0 Å². The number of carbonyl (C=O) groups is 2. The first-order valence-corrected chi connectivity index (χ1v) is 9.25. The van der Waals surface area contributed by atoms with Crippen molar-refractivity contribution in [3.05, 3.63) is 47.3 Å². The Balaban J connectivity index is 1.88. The van der Waals surface area contributed by atoms with Crippen molar-refractivity contribution in [3.63, 3.8) is 0 Å². The van der Waals surface area contributed by atoms with Crippen LogP contribution in [0, 0.1) is 6.92 Å². The molecule has 1 aliphatic rings. The molecule has 27 heavy (non-hydrogen) atoms. The van der Waals surface area contributed by atoms with Crippen LogP contribution in [0.25, 0.3) is 0 Å². The average molecular weight is 370 g/mol. The molecule has 2 amide bonds. The van der Waals surface area contributed by atoms with E-state index in [4.69, 9.17) is 5.73 Å². The lowest BCUT2D eigenvalue weighted by Gasteiger charge is -2.28. The molecule has 0 radical (unpaired) electrons. The second kappa shape index (κ2) is 8.30. The lowest BCUT2D eigenvalue weighted by Crippen LogP contribution is -2.40. The SMILES string of the molecule is Cc1c(C(=O)N(CC(N)=O)[C@H](C)c2ccccc2)nnn1C1CCNCC1. The molecule has 1 atom stereocenters. The molecule has 2 heterocycles. The van der Waals surface area contributed by atoms with Gasteiger partial charge in [0.05, 0.1) is 17.8 Å². The van der Waals surface area contributed by atoms with E-state index in [-0.39, 0.29) is 30.2 Å². The molecular formula is C19H26N6O2. The number of primary amides is 1. The third-order valence-electron chi connectivity index (χ3n) is 5.12. The van der Waals surface area contributed by atoms with E-state index < -0.39 is 5.91 Å². The number of piperidine rings is 1. The average Bonchev–Trinajstić information content (AvgIpc) is 3.07. The van der Waals surface area contributed by atoms with Crippen molar-refractivity contribution < 1.29 is 9.59 Å². The van der Waals surface area contributed by atoms with Crippen LogP contribution in [-0.2, 0) is 4.79 Å². The summed E-state index contributed by atoms with van der Waals surface area (Å²) < 4.78 is 1.84. The van der Waals surface area contributed by atoms with Crippen molar-refractivity contribution >= 4 is 11.8 Å². The Morgan fingerprint density at radius 3 is 2.59 bits per heavy atom. The molecule has 0 bridgehead atoms. The third-order valence-corrected chi connectivity index (χ3v) is 5.12. The van der Waals surface area contributed by atoms with Gasteiger partial charge in [-0.05, 0) is 45.3 Å². The van der Waals surface area contributed by atoms with Crippen LogP contribution in [-0.4, -0.2) is 51.3 Å². The van der Waals surface area contributed by atoms with Gasteiger partial charge in [0, 0.05) is 0 Å². The van der Waals surface area contributed by atoms with Crippen LogP contribution in [0.15, 0.2) is 30.3 Å². The zero-order chi connectivity index (χ0) is 19.4. The molecule has 0 spiro atoms. The Morgan fingerprint density at radius 1 is 1.30 bits per heavy atom. The van der Waals surface area contributed by atoms with E-state index in [0.717, 1.165) is 37.2 Å². The topological polar surface area (TPSA) is 106 Å². The molecule has 144 valence electrons. The first-order chi connectivity index (χ1) is 13.0. The maximum Gasteiger partial charge on any atom is 0.277 e. The van der Waals surface area contributed by atoms with Crippen molar-refractivity contribution in [1.29, 1.82) is 0 Å². The molecule has 0 unspecified atom stereocenters. The lowest BCUT2D eigenvalue weighted by atomic mass is 10.1. The van der Waals surface area contributed by atoms with Gasteiger partial charge in [-0.15, -0.1) is 5.10 Å². The second-order valence-corrected chi connectivity index (χ2v) is 6.94. The molecule has 8 heteroatoms. The molecule has 1 aromatic carbocycles. The van der Waals surface area contributed by atoms with E-state index in [1.807, 2.05) is 48.9 Å². The predicted molar refractivity (Wildman–Crippen MR) is 101 cm³/mol. The minimum absolute atomic E-state index is 0.172. The number of hydrogen-bond donors (Lipinski definition) is 2. The van der Waals surface area contributed by atoms with Gasteiger partial charge in [0.1, 0.15) is 6.54 Å². The summed E-state index contributed by atoms with van der Waals surface area (Å²) in [6, 6.07) is 9.47. The van der Waals surface area contributed by atoms with Crippen LogP contribution in [0.2, 0.25) is 0 Å². The quantitative estimate of drug-likeness (QED) is 0.795. The number of carbonyl (C=O) groups excluding carboxylic acids is 2. The second-order valence-electron chi connectivity index (χ2n) is 6.94. The summed E-state index contributed by atoms with van der Waals surface area (Å²) in [5, 5.41) is 11.7. The van der Waals surface area contributed by atoms with Crippen molar-refractivity contribution in [2.45, 2.75) is 38.8 Å². The minimum Gasteiger partial charge on any atom is -0.368 e. The van der Waals surface area contributed by atoms with Crippen LogP contribution in [0.1, 0.15) is 53.6 Å². The molecule has 1 aromatic heterocycles. The molecule has 1 aliphatic heterocycles. The van der Waals surface area contributed by atoms with Gasteiger partial charge in [-0.25, -0.2) is 4.68 Å². The predicted octanol–water partition coefficient (Wildman–Crippen LogP) is 1.20. The maximum absolute atomic E-state index is 13.2. The molecule has 3 rings (SSSR count). The van der Waals surface area contributed by atoms with E-state index in [0.29, 0.717) is 0 Å². The smallest absolute Gasteiger partial charge is 0.277 e. The highest BCUT2D eigenvalue weighted by molar-refractivity contribution is 5.95. The van der Waals surface area contributed by atoms with Crippen molar-refractivity contribution in [3.8, 4) is 0 Å². The fourth-order valence-corrected chi connectivity index (χ4v) is 3.54. The van der Waals surface area contributed by atoms with E-state index in [9.17, 15) is 9.59 Å². The first-order valence-electron chi connectivity index (χ1n) is 9.25. The number of rotatable bonds is 6. The largest absolute Gasteiger partial charge is 0.368 e. The summed E-state index contributed by atoms with van der Waals surface area (Å²) >= 11 is 0. The van der Waals surface area contributed by atoms with Crippen LogP contribution < -0.4 is 11.1 Å². The number of nitrogens with one attached hydrogen (secondary N) is 1. The summed E-state index contributed by atoms with van der Waals surface area (Å²) in [4.78, 5) is 26.3. The van der Waals surface area contributed by atoms with Gasteiger partial charge < -0.3 is 16.0 Å². The number of amides is 2. The normalized spacial score (nSPS) is 16.1. The van der Waals surface area contributed by atoms with Gasteiger partial charge in [-0.2, -0.15) is 0 Å². The van der Waals surface area contributed by atoms with Gasteiger partial charge in [-0.3, -0.25) is 9.59 Å². The fourth-order valence-electron chi connectivity index (χ4n) is 3.54. The van der Waals surface area contributed by atoms with Crippen LogP contribution in [0.3, 0.4) is 0 Å². The van der Waals surface area contributed by atoms with E-state index in [2.05, 4.69) is 15.6 Å². The summed E-state index contributed by atoms with van der Waals surface area (Å²) in [7, 11) is 0. The van der Waals surface area contributed by atoms with E-state index in [1.54, 1.807) is 0 Å². The lowest BCUT2D eigenvalue weighted by molar-refractivity contribution is -0.119. The van der Waals surface area contributed by atoms with Gasteiger partial charge in [0.2, 0.25) is 5.91 Å². The Bertz CT molecular complexity index is 798. The fraction of sp³-hybridized carbons (Fsp3) is 0.474. The molecule has 0 saturated carbocycles. The highest BCUT2D eigenvalue weighted by Crippen LogP contribution is 2.24. The van der Waals surface area contributed by atoms with Crippen molar-refractivity contribution in [2.75, 3.05) is 19.6 Å². The summed E-state index contributed by atoms with van der Waals surface area (Å²) in [5.41, 5.74) is 7.33. The molecule has 2 aromatic rings. The van der Waals surface area contributed by atoms with Gasteiger partial charge >= 0.3 is 0 Å². The minimum atomic E-state index is -0.561. The summed E-state index contributed by atoms with van der Waals surface area (Å²) in [5.74, 6) is -0.891. The van der Waals surface area contributed by atoms with Crippen molar-refractivity contribution in [1.82, 2.24) is 25.2 Å². The van der Waals surface area contributed by atoms with E-state index in [1.165, 1.54) is 4.90 Å². The third kappa shape index (κ3) is 4.16. The number of hydrogen-bond acceptors (Lipinski definition) is 5. The summed E-state index contributed by atoms with van der Waals surface area (Å²) in [6.45, 7) is 5.40. The van der Waals surface area contributed by atoms with Crippen molar-refractivity contribution in [2.24, 2.45) is 5.73 Å². The number of nitrogens with two attached hydrogens (primary N) is 1. The number of nitrogens with zero attached hydrogens (tertiary/aromatic N) is 4. The van der Waals surface area contributed by atoms with Gasteiger partial charge in [-0.1, -0.05) is 35.5 Å². The monoisotopic (exact) mass is 370 g/mol. The molecule has 1 fully saturated rings. The summed E-state index contributed by atoms with van der Waals surface area (Å²) in [6.07, 6.45) is 1.90. The van der Waals surface area contributed by atoms with Gasteiger partial charge in [0.15, 0.2) is 5.69 Å². The standard InChI is InChI=1S/C19H26N6O2/c1-13(15-6-4-3-5-7-15)24(12-17(20)26)19(27)18-14(2)25(23-22-18)16-8-10-21-11-9-16/h3-7,13,16,21H,8-12H2,1-2H3,(H2,20,26)/t13-/m1/s1. The number of benzene rings is 1. The zero-order valence-corrected chi connectivity index (χ0v) is 15.8. The Morgan fingerprint density at radius 2 is 1.96 bits per heavy atom. The van der Waals surface area contributed by atoms with Gasteiger partial charge in [0.25, 0.3) is 5.91 Å².